The molecule has 144 valence electrons. The van der Waals surface area contributed by atoms with Crippen LogP contribution in [0.5, 0.6) is 5.75 Å². The minimum absolute atomic E-state index is 0.0160. The van der Waals surface area contributed by atoms with Crippen molar-refractivity contribution in [3.63, 3.8) is 0 Å². The van der Waals surface area contributed by atoms with E-state index < -0.39 is 24.2 Å². The zero-order chi connectivity index (χ0) is 20.1. The van der Waals surface area contributed by atoms with E-state index in [1.807, 2.05) is 0 Å². The molecule has 10 heteroatoms. The molecule has 0 saturated heterocycles. The van der Waals surface area contributed by atoms with Gasteiger partial charge < -0.3 is 9.47 Å². The zero-order valence-corrected chi connectivity index (χ0v) is 15.4. The molecule has 0 radical (unpaired) electrons. The zero-order valence-electron chi connectivity index (χ0n) is 14.6. The van der Waals surface area contributed by atoms with Gasteiger partial charge in [0.15, 0.2) is 30.5 Å². The van der Waals surface area contributed by atoms with E-state index in [1.165, 1.54) is 19.2 Å². The lowest BCUT2D eigenvalue weighted by molar-refractivity contribution is -0.143. The van der Waals surface area contributed by atoms with Crippen LogP contribution in [0.25, 0.3) is 11.4 Å². The summed E-state index contributed by atoms with van der Waals surface area (Å²) in [5.41, 5.74) is 0.746. The van der Waals surface area contributed by atoms with Crippen molar-refractivity contribution < 1.29 is 23.5 Å². The molecule has 8 nitrogen and oxygen atoms in total. The second kappa shape index (κ2) is 8.57. The molecule has 0 atom stereocenters. The highest BCUT2D eigenvalue weighted by Crippen LogP contribution is 2.18. The van der Waals surface area contributed by atoms with Crippen molar-refractivity contribution >= 4 is 23.4 Å². The highest BCUT2D eigenvalue weighted by molar-refractivity contribution is 6.30. The fourth-order valence-electron chi connectivity index (χ4n) is 2.26. The lowest BCUT2D eigenvalue weighted by atomic mass is 10.1. The Morgan fingerprint density at radius 1 is 1.18 bits per heavy atom. The van der Waals surface area contributed by atoms with Gasteiger partial charge in [-0.1, -0.05) is 11.6 Å². The summed E-state index contributed by atoms with van der Waals surface area (Å²) in [6.45, 7) is -0.867. The first kappa shape index (κ1) is 19.4. The number of halogens is 2. The molecule has 0 amide bonds. The predicted molar refractivity (Wildman–Crippen MR) is 96.5 cm³/mol. The molecule has 0 N–H and O–H groups in total. The van der Waals surface area contributed by atoms with E-state index in [9.17, 15) is 14.0 Å². The third-order valence-electron chi connectivity index (χ3n) is 3.66. The summed E-state index contributed by atoms with van der Waals surface area (Å²) in [7, 11) is 1.32. The Morgan fingerprint density at radius 2 is 1.93 bits per heavy atom. The molecular formula is C18H14ClFN4O4. The minimum Gasteiger partial charge on any atom is -0.494 e. The number of carbonyl (C=O) groups is 2. The topological polar surface area (TPSA) is 96.2 Å². The number of Topliss-reactive ketones (excluding diaryl/α,β-unsaturated/α-hetero) is 1. The van der Waals surface area contributed by atoms with Crippen molar-refractivity contribution in [3.05, 3.63) is 58.9 Å². The van der Waals surface area contributed by atoms with E-state index in [0.717, 1.165) is 10.9 Å². The number of ether oxygens (including phenoxy) is 2. The Balaban J connectivity index is 1.55. The predicted octanol–water partition coefficient (Wildman–Crippen LogP) is 2.57. The summed E-state index contributed by atoms with van der Waals surface area (Å²) in [6.07, 6.45) is 0. The van der Waals surface area contributed by atoms with Crippen LogP contribution in [0.1, 0.15) is 10.4 Å². The van der Waals surface area contributed by atoms with E-state index in [4.69, 9.17) is 21.1 Å². The first-order valence-electron chi connectivity index (χ1n) is 8.02. The van der Waals surface area contributed by atoms with Gasteiger partial charge in [-0.2, -0.15) is 4.80 Å². The van der Waals surface area contributed by atoms with Gasteiger partial charge in [-0.05, 0) is 47.7 Å². The molecule has 0 bridgehead atoms. The molecule has 0 aliphatic rings. The van der Waals surface area contributed by atoms with Gasteiger partial charge in [-0.25, -0.2) is 9.18 Å². The van der Waals surface area contributed by atoms with Gasteiger partial charge in [-0.15, -0.1) is 10.2 Å². The van der Waals surface area contributed by atoms with E-state index in [-0.39, 0.29) is 17.9 Å². The number of methoxy groups -OCH3 is 1. The first-order valence-corrected chi connectivity index (χ1v) is 8.40. The SMILES string of the molecule is COc1ccc(C(=O)COC(=O)Cn2nnc(-c3ccc(Cl)cc3)n2)cc1F. The second-order valence-electron chi connectivity index (χ2n) is 5.58. The average molecular weight is 405 g/mol. The van der Waals surface area contributed by atoms with Crippen LogP contribution in [0, 0.1) is 5.82 Å². The van der Waals surface area contributed by atoms with Gasteiger partial charge in [0.1, 0.15) is 0 Å². The molecule has 0 aliphatic carbocycles. The van der Waals surface area contributed by atoms with Gasteiger partial charge in [0.2, 0.25) is 5.82 Å². The van der Waals surface area contributed by atoms with Crippen molar-refractivity contribution in [1.29, 1.82) is 0 Å². The number of hydrogen-bond donors (Lipinski definition) is 0. The third kappa shape index (κ3) is 4.68. The van der Waals surface area contributed by atoms with Gasteiger partial charge in [0.25, 0.3) is 0 Å². The quantitative estimate of drug-likeness (QED) is 0.441. The average Bonchev–Trinajstić information content (AvgIpc) is 3.15. The summed E-state index contributed by atoms with van der Waals surface area (Å²) < 4.78 is 23.3. The summed E-state index contributed by atoms with van der Waals surface area (Å²) in [4.78, 5) is 25.0. The number of esters is 1. The van der Waals surface area contributed by atoms with Crippen LogP contribution >= 0.6 is 11.6 Å². The standard InChI is InChI=1S/C18H14ClFN4O4/c1-27-16-7-4-12(8-14(16)20)15(25)10-28-17(26)9-24-22-18(21-23-24)11-2-5-13(19)6-3-11/h2-8H,9-10H2,1H3. The van der Waals surface area contributed by atoms with Gasteiger partial charge in [0.05, 0.1) is 7.11 Å². The lowest BCUT2D eigenvalue weighted by Gasteiger charge is -2.06. The molecule has 0 fully saturated rings. The number of ketones is 1. The third-order valence-corrected chi connectivity index (χ3v) is 3.92. The van der Waals surface area contributed by atoms with Crippen LogP contribution in [-0.2, 0) is 16.1 Å². The molecule has 0 aliphatic heterocycles. The Bertz CT molecular complexity index is 1010. The fourth-order valence-corrected chi connectivity index (χ4v) is 2.38. The summed E-state index contributed by atoms with van der Waals surface area (Å²) in [6, 6.07) is 10.5. The van der Waals surface area contributed by atoms with E-state index in [1.54, 1.807) is 24.3 Å². The van der Waals surface area contributed by atoms with Gasteiger partial charge in [-0.3, -0.25) is 4.79 Å². The van der Waals surface area contributed by atoms with Crippen molar-refractivity contribution in [3.8, 4) is 17.1 Å². The maximum atomic E-state index is 13.6. The molecule has 1 aromatic heterocycles. The molecule has 2 aromatic carbocycles. The van der Waals surface area contributed by atoms with Crippen LogP contribution in [0.15, 0.2) is 42.5 Å². The first-order chi connectivity index (χ1) is 13.5. The number of benzene rings is 2. The van der Waals surface area contributed by atoms with Crippen LogP contribution in [-0.4, -0.2) is 45.7 Å². The van der Waals surface area contributed by atoms with Gasteiger partial charge in [0, 0.05) is 16.1 Å². The van der Waals surface area contributed by atoms with Gasteiger partial charge >= 0.3 is 5.97 Å². The summed E-state index contributed by atoms with van der Waals surface area (Å²) >= 11 is 5.82. The Kier molecular flexibility index (Phi) is 5.95. The number of tetrazole rings is 1. The molecular weight excluding hydrogens is 391 g/mol. The number of hydrogen-bond acceptors (Lipinski definition) is 7. The monoisotopic (exact) mass is 404 g/mol. The Labute approximate surface area is 163 Å². The maximum absolute atomic E-state index is 13.6. The minimum atomic E-state index is -0.734. The number of rotatable bonds is 7. The van der Waals surface area contributed by atoms with Crippen molar-refractivity contribution in [2.45, 2.75) is 6.54 Å². The summed E-state index contributed by atoms with van der Waals surface area (Å²) in [5.74, 6) is -1.64. The Hall–Kier alpha value is -3.33. The van der Waals surface area contributed by atoms with E-state index in [2.05, 4.69) is 15.4 Å². The van der Waals surface area contributed by atoms with Crippen molar-refractivity contribution in [2.24, 2.45) is 0 Å². The number of aromatic nitrogens is 4. The van der Waals surface area contributed by atoms with E-state index >= 15 is 0 Å². The van der Waals surface area contributed by atoms with Crippen LogP contribution < -0.4 is 4.74 Å². The maximum Gasteiger partial charge on any atom is 0.330 e. The summed E-state index contributed by atoms with van der Waals surface area (Å²) in [5, 5.41) is 12.3. The molecule has 3 rings (SSSR count). The molecule has 28 heavy (non-hydrogen) atoms. The van der Waals surface area contributed by atoms with Crippen molar-refractivity contribution in [2.75, 3.05) is 13.7 Å². The smallest absolute Gasteiger partial charge is 0.330 e. The second-order valence-corrected chi connectivity index (χ2v) is 6.02. The van der Waals surface area contributed by atoms with Crippen LogP contribution in [0.4, 0.5) is 4.39 Å². The molecule has 0 spiro atoms. The number of nitrogens with zero attached hydrogens (tertiary/aromatic N) is 4. The van der Waals surface area contributed by atoms with E-state index in [0.29, 0.717) is 16.4 Å². The highest BCUT2D eigenvalue weighted by atomic mass is 35.5. The van der Waals surface area contributed by atoms with Crippen LogP contribution in [0.3, 0.4) is 0 Å². The highest BCUT2D eigenvalue weighted by Gasteiger charge is 2.14. The normalized spacial score (nSPS) is 10.5. The fraction of sp³-hybridized carbons (Fsp3) is 0.167. The largest absolute Gasteiger partial charge is 0.494 e. The van der Waals surface area contributed by atoms with Crippen molar-refractivity contribution in [1.82, 2.24) is 20.2 Å². The molecule has 0 unspecified atom stereocenters. The number of carbonyl (C=O) groups excluding carboxylic acids is 2. The molecule has 0 saturated carbocycles. The lowest BCUT2D eigenvalue weighted by Crippen LogP contribution is -2.20. The molecule has 1 heterocycles. The van der Waals surface area contributed by atoms with Crippen LogP contribution in [0.2, 0.25) is 5.02 Å². The Morgan fingerprint density at radius 3 is 2.61 bits per heavy atom. The molecule has 3 aromatic rings.